The lowest BCUT2D eigenvalue weighted by Gasteiger charge is -2.11. The lowest BCUT2D eigenvalue weighted by molar-refractivity contribution is -0.142. The summed E-state index contributed by atoms with van der Waals surface area (Å²) in [4.78, 5) is 11.5. The van der Waals surface area contributed by atoms with Crippen molar-refractivity contribution in [1.29, 1.82) is 0 Å². The number of aliphatic hydroxyl groups excluding tert-OH is 1. The molecule has 0 aromatic heterocycles. The van der Waals surface area contributed by atoms with Crippen molar-refractivity contribution in [2.24, 2.45) is 0 Å². The zero-order chi connectivity index (χ0) is 15.9. The minimum absolute atomic E-state index is 0.154. The van der Waals surface area contributed by atoms with Gasteiger partial charge in [0.1, 0.15) is 17.3 Å². The number of carbonyl (C=O) groups excluding carboxylic acids is 1. The topological polar surface area (TPSA) is 55.8 Å². The summed E-state index contributed by atoms with van der Waals surface area (Å²) in [5, 5.41) is 9.25. The van der Waals surface area contributed by atoms with E-state index in [1.54, 1.807) is 31.2 Å². The summed E-state index contributed by atoms with van der Waals surface area (Å²) in [5.41, 5.74) is 1.11. The third kappa shape index (κ3) is 4.30. The molecule has 0 radical (unpaired) electrons. The molecule has 0 amide bonds. The van der Waals surface area contributed by atoms with Gasteiger partial charge in [-0.25, -0.2) is 4.39 Å². The number of rotatable bonds is 6. The number of benzene rings is 2. The van der Waals surface area contributed by atoms with Gasteiger partial charge in [0.15, 0.2) is 0 Å². The van der Waals surface area contributed by atoms with E-state index in [2.05, 4.69) is 0 Å². The van der Waals surface area contributed by atoms with Crippen molar-refractivity contribution in [3.8, 4) is 11.5 Å². The quantitative estimate of drug-likeness (QED) is 0.833. The highest BCUT2D eigenvalue weighted by Crippen LogP contribution is 2.27. The van der Waals surface area contributed by atoms with Crippen LogP contribution in [-0.2, 0) is 22.6 Å². The summed E-state index contributed by atoms with van der Waals surface area (Å²) in [5.74, 6) is 0.130. The monoisotopic (exact) mass is 304 g/mol. The van der Waals surface area contributed by atoms with E-state index in [9.17, 15) is 14.3 Å². The Morgan fingerprint density at radius 3 is 2.77 bits per heavy atom. The molecule has 0 saturated heterocycles. The first-order chi connectivity index (χ1) is 10.6. The van der Waals surface area contributed by atoms with Crippen LogP contribution >= 0.6 is 0 Å². The predicted molar refractivity (Wildman–Crippen MR) is 79.2 cm³/mol. The number of aliphatic hydroxyl groups is 1. The Morgan fingerprint density at radius 2 is 2.05 bits per heavy atom. The minimum atomic E-state index is -0.438. The van der Waals surface area contributed by atoms with Crippen molar-refractivity contribution in [2.45, 2.75) is 20.0 Å². The van der Waals surface area contributed by atoms with Gasteiger partial charge in [-0.1, -0.05) is 12.1 Å². The van der Waals surface area contributed by atoms with Gasteiger partial charge in [-0.15, -0.1) is 0 Å². The number of carbonyl (C=O) groups is 1. The summed E-state index contributed by atoms with van der Waals surface area (Å²) < 4.78 is 23.7. The van der Waals surface area contributed by atoms with Crippen LogP contribution in [0.15, 0.2) is 42.5 Å². The fourth-order valence-electron chi connectivity index (χ4n) is 2.00. The summed E-state index contributed by atoms with van der Waals surface area (Å²) in [6.45, 7) is 1.77. The van der Waals surface area contributed by atoms with Gasteiger partial charge < -0.3 is 14.6 Å². The first-order valence-corrected chi connectivity index (χ1v) is 6.94. The maximum Gasteiger partial charge on any atom is 0.310 e. The first kappa shape index (κ1) is 16.0. The van der Waals surface area contributed by atoms with Crippen LogP contribution in [-0.4, -0.2) is 17.7 Å². The van der Waals surface area contributed by atoms with Gasteiger partial charge in [-0.05, 0) is 42.8 Å². The van der Waals surface area contributed by atoms with Gasteiger partial charge in [0.05, 0.1) is 19.6 Å². The van der Waals surface area contributed by atoms with Crippen LogP contribution in [0.5, 0.6) is 11.5 Å². The van der Waals surface area contributed by atoms with Gasteiger partial charge in [-0.3, -0.25) is 4.79 Å². The molecular formula is C17H17FO4. The lowest BCUT2D eigenvalue weighted by atomic mass is 10.1. The molecule has 0 aliphatic rings. The van der Waals surface area contributed by atoms with E-state index in [-0.39, 0.29) is 19.0 Å². The Balaban J connectivity index is 2.15. The van der Waals surface area contributed by atoms with Crippen LogP contribution in [0.4, 0.5) is 4.39 Å². The molecule has 116 valence electrons. The molecule has 0 fully saturated rings. The zero-order valence-corrected chi connectivity index (χ0v) is 12.2. The number of ether oxygens (including phenoxy) is 2. The third-order valence-electron chi connectivity index (χ3n) is 2.97. The van der Waals surface area contributed by atoms with E-state index >= 15 is 0 Å². The Labute approximate surface area is 128 Å². The van der Waals surface area contributed by atoms with Crippen molar-refractivity contribution in [1.82, 2.24) is 0 Å². The largest absolute Gasteiger partial charge is 0.466 e. The smallest absolute Gasteiger partial charge is 0.310 e. The molecule has 0 spiro atoms. The fourth-order valence-corrected chi connectivity index (χ4v) is 2.00. The fraction of sp³-hybridized carbons (Fsp3) is 0.235. The summed E-state index contributed by atoms with van der Waals surface area (Å²) in [7, 11) is 0. The zero-order valence-electron chi connectivity index (χ0n) is 12.2. The molecule has 22 heavy (non-hydrogen) atoms. The Kier molecular flexibility index (Phi) is 5.49. The molecule has 0 saturated carbocycles. The number of halogens is 1. The number of hydrogen-bond donors (Lipinski definition) is 1. The molecule has 1 N–H and O–H groups in total. The van der Waals surface area contributed by atoms with Gasteiger partial charge >= 0.3 is 5.97 Å². The molecule has 0 bridgehead atoms. The van der Waals surface area contributed by atoms with Crippen molar-refractivity contribution >= 4 is 5.97 Å². The molecular weight excluding hydrogens is 287 g/mol. The van der Waals surface area contributed by atoms with Crippen LogP contribution in [0.2, 0.25) is 0 Å². The molecule has 2 aromatic rings. The number of hydrogen-bond acceptors (Lipinski definition) is 4. The molecule has 5 heteroatoms. The Hall–Kier alpha value is -2.40. The second-order valence-electron chi connectivity index (χ2n) is 4.64. The second kappa shape index (κ2) is 7.56. The SMILES string of the molecule is CCOC(=O)Cc1cccc(Oc2ccc(F)cc2CO)c1. The van der Waals surface area contributed by atoms with Crippen molar-refractivity contribution in [3.63, 3.8) is 0 Å². The van der Waals surface area contributed by atoms with Gasteiger partial charge in [-0.2, -0.15) is 0 Å². The maximum absolute atomic E-state index is 13.1. The van der Waals surface area contributed by atoms with Crippen molar-refractivity contribution in [3.05, 3.63) is 59.4 Å². The molecule has 2 rings (SSSR count). The first-order valence-electron chi connectivity index (χ1n) is 6.94. The molecule has 0 aliphatic heterocycles. The van der Waals surface area contributed by atoms with E-state index in [0.29, 0.717) is 23.7 Å². The molecule has 0 unspecified atom stereocenters. The van der Waals surface area contributed by atoms with Gasteiger partial charge in [0.25, 0.3) is 0 Å². The maximum atomic E-state index is 13.1. The third-order valence-corrected chi connectivity index (χ3v) is 2.97. The Bertz CT molecular complexity index is 655. The van der Waals surface area contributed by atoms with Crippen LogP contribution < -0.4 is 4.74 Å². The molecule has 4 nitrogen and oxygen atoms in total. The minimum Gasteiger partial charge on any atom is -0.466 e. The van der Waals surface area contributed by atoms with E-state index < -0.39 is 5.82 Å². The lowest BCUT2D eigenvalue weighted by Crippen LogP contribution is -2.07. The molecule has 0 atom stereocenters. The van der Waals surface area contributed by atoms with Crippen molar-refractivity contribution < 1.29 is 23.8 Å². The summed E-state index contributed by atoms with van der Waals surface area (Å²) >= 11 is 0. The normalized spacial score (nSPS) is 10.3. The Morgan fingerprint density at radius 1 is 1.23 bits per heavy atom. The average molecular weight is 304 g/mol. The number of esters is 1. The van der Waals surface area contributed by atoms with E-state index in [1.807, 2.05) is 0 Å². The van der Waals surface area contributed by atoms with Gasteiger partial charge in [0, 0.05) is 5.56 Å². The van der Waals surface area contributed by atoms with Crippen LogP contribution in [0, 0.1) is 5.82 Å². The summed E-state index contributed by atoms with van der Waals surface area (Å²) in [6, 6.07) is 10.9. The molecule has 0 aliphatic carbocycles. The van der Waals surface area contributed by atoms with Crippen LogP contribution in [0.3, 0.4) is 0 Å². The standard InChI is InChI=1S/C17H17FO4/c1-2-21-17(20)9-12-4-3-5-15(8-12)22-16-7-6-14(18)10-13(16)11-19/h3-8,10,19H,2,9,11H2,1H3. The predicted octanol–water partition coefficient (Wildman–Crippen LogP) is 3.22. The van der Waals surface area contributed by atoms with E-state index in [4.69, 9.17) is 9.47 Å². The van der Waals surface area contributed by atoms with Gasteiger partial charge in [0.2, 0.25) is 0 Å². The van der Waals surface area contributed by atoms with Crippen LogP contribution in [0.1, 0.15) is 18.1 Å². The molecule has 2 aromatic carbocycles. The average Bonchev–Trinajstić information content (AvgIpc) is 2.49. The highest BCUT2D eigenvalue weighted by atomic mass is 19.1. The van der Waals surface area contributed by atoms with E-state index in [1.165, 1.54) is 18.2 Å². The van der Waals surface area contributed by atoms with Crippen LogP contribution in [0.25, 0.3) is 0 Å². The highest BCUT2D eigenvalue weighted by molar-refractivity contribution is 5.72. The van der Waals surface area contributed by atoms with E-state index in [0.717, 1.165) is 5.56 Å². The molecule has 0 heterocycles. The second-order valence-corrected chi connectivity index (χ2v) is 4.64. The van der Waals surface area contributed by atoms with Crippen molar-refractivity contribution in [2.75, 3.05) is 6.61 Å². The highest BCUT2D eigenvalue weighted by Gasteiger charge is 2.08. The summed E-state index contributed by atoms with van der Waals surface area (Å²) in [6.07, 6.45) is 0.154.